The molecule has 15 heteroatoms. The van der Waals surface area contributed by atoms with Gasteiger partial charge in [0.25, 0.3) is 0 Å². The summed E-state index contributed by atoms with van der Waals surface area (Å²) in [5.41, 5.74) is -1.57. The van der Waals surface area contributed by atoms with Crippen molar-refractivity contribution in [1.29, 1.82) is 0 Å². The van der Waals surface area contributed by atoms with Crippen molar-refractivity contribution < 1.29 is 54.8 Å². The molecule has 44 heavy (non-hydrogen) atoms. The van der Waals surface area contributed by atoms with Gasteiger partial charge in [-0.25, -0.2) is 22.6 Å². The Labute approximate surface area is 247 Å². The fourth-order valence-corrected chi connectivity index (χ4v) is 5.78. The van der Waals surface area contributed by atoms with Crippen LogP contribution in [0.25, 0.3) is 11.3 Å². The van der Waals surface area contributed by atoms with E-state index in [1.54, 1.807) is 13.8 Å². The number of halogens is 6. The van der Waals surface area contributed by atoms with Gasteiger partial charge >= 0.3 is 12.1 Å². The second-order valence-corrected chi connectivity index (χ2v) is 11.3. The highest BCUT2D eigenvalue weighted by Crippen LogP contribution is 2.48. The number of carbonyl (C=O) groups is 1. The van der Waals surface area contributed by atoms with Crippen molar-refractivity contribution >= 4 is 5.97 Å². The largest absolute Gasteiger partial charge is 0.451 e. The molecule has 0 amide bonds. The molecular formula is C29H27F6N3O6. The molecule has 0 radical (unpaired) electrons. The maximum atomic E-state index is 14.0. The van der Waals surface area contributed by atoms with Crippen LogP contribution >= 0.6 is 0 Å². The average molecular weight is 628 g/mol. The van der Waals surface area contributed by atoms with Crippen molar-refractivity contribution in [2.75, 3.05) is 13.2 Å². The number of nitrogens with zero attached hydrogens (tertiary/aromatic N) is 3. The molecule has 0 aliphatic carbocycles. The highest BCUT2D eigenvalue weighted by molar-refractivity contribution is 5.89. The van der Waals surface area contributed by atoms with E-state index in [-0.39, 0.29) is 36.5 Å². The van der Waals surface area contributed by atoms with E-state index < -0.39 is 71.1 Å². The van der Waals surface area contributed by atoms with Gasteiger partial charge in [-0.15, -0.1) is 5.10 Å². The SMILES string of the molecule is CC1(C)OC[C@H]2O[C@@]3(CCCCO3)[C@H](OC(=O)c3cccc(C(F)(F)F)c3)[C@@H](n3cc(-c4cc(F)c(F)c(F)c4)nn3)[C@H]2O1. The first-order chi connectivity index (χ1) is 20.8. The maximum Gasteiger partial charge on any atom is 0.416 e. The first-order valence-electron chi connectivity index (χ1n) is 13.8. The topological polar surface area (TPSA) is 93.9 Å². The van der Waals surface area contributed by atoms with Gasteiger partial charge in [-0.1, -0.05) is 11.3 Å². The highest BCUT2D eigenvalue weighted by atomic mass is 19.4. The summed E-state index contributed by atoms with van der Waals surface area (Å²) in [6, 6.07) is 4.22. The summed E-state index contributed by atoms with van der Waals surface area (Å²) < 4.78 is 114. The highest BCUT2D eigenvalue weighted by Gasteiger charge is 2.62. The summed E-state index contributed by atoms with van der Waals surface area (Å²) >= 11 is 0. The number of hydrogen-bond acceptors (Lipinski definition) is 8. The van der Waals surface area contributed by atoms with Gasteiger partial charge < -0.3 is 23.7 Å². The normalized spacial score (nSPS) is 28.5. The Kier molecular flexibility index (Phi) is 7.71. The van der Waals surface area contributed by atoms with E-state index in [1.807, 2.05) is 0 Å². The van der Waals surface area contributed by atoms with Crippen LogP contribution in [-0.4, -0.2) is 64.1 Å². The van der Waals surface area contributed by atoms with Crippen molar-refractivity contribution in [2.45, 2.75) is 75.2 Å². The maximum absolute atomic E-state index is 14.0. The van der Waals surface area contributed by atoms with Crippen molar-refractivity contribution in [3.8, 4) is 11.3 Å². The Bertz CT molecular complexity index is 1530. The number of aromatic nitrogens is 3. The van der Waals surface area contributed by atoms with E-state index >= 15 is 0 Å². The monoisotopic (exact) mass is 627 g/mol. The molecule has 9 nitrogen and oxygen atoms in total. The zero-order chi connectivity index (χ0) is 31.4. The molecule has 6 rings (SSSR count). The average Bonchev–Trinajstić information content (AvgIpc) is 3.46. The Morgan fingerprint density at radius 2 is 1.80 bits per heavy atom. The van der Waals surface area contributed by atoms with Gasteiger partial charge in [0.2, 0.25) is 5.79 Å². The third-order valence-electron chi connectivity index (χ3n) is 7.83. The van der Waals surface area contributed by atoms with E-state index in [0.29, 0.717) is 18.9 Å². The van der Waals surface area contributed by atoms with Gasteiger partial charge in [-0.2, -0.15) is 13.2 Å². The van der Waals surface area contributed by atoms with Crippen LogP contribution in [-0.2, 0) is 29.9 Å². The van der Waals surface area contributed by atoms with E-state index in [9.17, 15) is 31.1 Å². The Balaban J connectivity index is 1.44. The van der Waals surface area contributed by atoms with Gasteiger partial charge in [0, 0.05) is 12.0 Å². The predicted octanol–water partition coefficient (Wildman–Crippen LogP) is 5.60. The number of ether oxygens (including phenoxy) is 5. The number of alkyl halides is 3. The summed E-state index contributed by atoms with van der Waals surface area (Å²) in [5, 5.41) is 8.16. The second-order valence-electron chi connectivity index (χ2n) is 11.3. The summed E-state index contributed by atoms with van der Waals surface area (Å²) in [5.74, 6) is -8.31. The molecule has 0 bridgehead atoms. The number of carbonyl (C=O) groups excluding carboxylic acids is 1. The molecule has 0 unspecified atom stereocenters. The third-order valence-corrected chi connectivity index (χ3v) is 7.83. The van der Waals surface area contributed by atoms with Crippen LogP contribution in [0.15, 0.2) is 42.6 Å². The lowest BCUT2D eigenvalue weighted by Crippen LogP contribution is -2.69. The van der Waals surface area contributed by atoms with Crippen LogP contribution in [0.2, 0.25) is 0 Å². The lowest BCUT2D eigenvalue weighted by Gasteiger charge is -2.55. The molecule has 3 fully saturated rings. The minimum atomic E-state index is -4.70. The number of rotatable bonds is 4. The van der Waals surface area contributed by atoms with Gasteiger partial charge in [0.15, 0.2) is 29.3 Å². The number of benzene rings is 2. The molecule has 236 valence electrons. The zero-order valence-corrected chi connectivity index (χ0v) is 23.4. The molecule has 3 aromatic rings. The molecule has 3 aliphatic rings. The predicted molar refractivity (Wildman–Crippen MR) is 137 cm³/mol. The molecule has 2 aromatic carbocycles. The van der Waals surface area contributed by atoms with Crippen molar-refractivity contribution in [2.24, 2.45) is 0 Å². The van der Waals surface area contributed by atoms with Crippen molar-refractivity contribution in [3.05, 3.63) is 71.2 Å². The van der Waals surface area contributed by atoms with E-state index in [2.05, 4.69) is 10.3 Å². The molecule has 1 aromatic heterocycles. The van der Waals surface area contributed by atoms with E-state index in [4.69, 9.17) is 23.7 Å². The molecular weight excluding hydrogens is 600 g/mol. The van der Waals surface area contributed by atoms with Crippen molar-refractivity contribution in [3.63, 3.8) is 0 Å². The minimum absolute atomic E-state index is 0.0428. The molecule has 4 heterocycles. The number of hydrogen-bond donors (Lipinski definition) is 0. The van der Waals surface area contributed by atoms with Crippen molar-refractivity contribution in [1.82, 2.24) is 15.0 Å². The second kappa shape index (κ2) is 11.1. The van der Waals surface area contributed by atoms with Gasteiger partial charge in [-0.05, 0) is 57.0 Å². The van der Waals surface area contributed by atoms with Crippen LogP contribution < -0.4 is 0 Å². The Morgan fingerprint density at radius 3 is 2.48 bits per heavy atom. The standard InChI is InChI=1S/C29H27F6N3O6/c1-27(2)41-14-21-24(44-27)23(38-13-20(36-37-38)16-11-18(30)22(32)19(31)12-16)25(28(43-21)8-3-4-9-40-28)42-26(39)15-6-5-7-17(10-15)29(33,34)35/h5-7,10-13,21,23-25H,3-4,8-9,14H2,1-2H3/t21-,23+,24+,25-,28+/m1/s1. The van der Waals surface area contributed by atoms with Gasteiger partial charge in [-0.3, -0.25) is 0 Å². The fourth-order valence-electron chi connectivity index (χ4n) is 5.78. The van der Waals surface area contributed by atoms with Crippen LogP contribution in [0.4, 0.5) is 26.3 Å². The molecule has 3 saturated heterocycles. The first-order valence-corrected chi connectivity index (χ1v) is 13.8. The Hall–Kier alpha value is -3.53. The van der Waals surface area contributed by atoms with E-state index in [0.717, 1.165) is 24.3 Å². The molecule has 5 atom stereocenters. The van der Waals surface area contributed by atoms with Crippen LogP contribution in [0.3, 0.4) is 0 Å². The van der Waals surface area contributed by atoms with Crippen LogP contribution in [0.1, 0.15) is 55.1 Å². The zero-order valence-electron chi connectivity index (χ0n) is 23.4. The smallest absolute Gasteiger partial charge is 0.416 e. The summed E-state index contributed by atoms with van der Waals surface area (Å²) in [6.07, 6.45) is -4.92. The fraction of sp³-hybridized carbons (Fsp3) is 0.483. The summed E-state index contributed by atoms with van der Waals surface area (Å²) in [7, 11) is 0. The lowest BCUT2D eigenvalue weighted by atomic mass is 9.85. The summed E-state index contributed by atoms with van der Waals surface area (Å²) in [4.78, 5) is 13.5. The number of fused-ring (bicyclic) bond motifs is 1. The van der Waals surface area contributed by atoms with Crippen LogP contribution in [0.5, 0.6) is 0 Å². The quantitative estimate of drug-likeness (QED) is 0.210. The van der Waals surface area contributed by atoms with E-state index in [1.165, 1.54) is 16.9 Å². The third kappa shape index (κ3) is 5.69. The molecule has 0 N–H and O–H groups in total. The van der Waals surface area contributed by atoms with Gasteiger partial charge in [0.1, 0.15) is 23.9 Å². The molecule has 0 saturated carbocycles. The Morgan fingerprint density at radius 1 is 1.05 bits per heavy atom. The first kappa shape index (κ1) is 30.5. The molecule has 3 aliphatic heterocycles. The molecule has 1 spiro atoms. The van der Waals surface area contributed by atoms with Crippen LogP contribution in [0, 0.1) is 17.5 Å². The lowest BCUT2D eigenvalue weighted by molar-refractivity contribution is -0.412. The van der Waals surface area contributed by atoms with Gasteiger partial charge in [0.05, 0.1) is 30.5 Å². The minimum Gasteiger partial charge on any atom is -0.451 e. The summed E-state index contributed by atoms with van der Waals surface area (Å²) in [6.45, 7) is 3.58. The number of esters is 1.